The van der Waals surface area contributed by atoms with Crippen LogP contribution < -0.4 is 18.9 Å². The highest BCUT2D eigenvalue weighted by atomic mass is 35.5. The number of phenols is 1. The van der Waals surface area contributed by atoms with E-state index in [9.17, 15) is 9.90 Å². The predicted octanol–water partition coefficient (Wildman–Crippen LogP) is 6.23. The van der Waals surface area contributed by atoms with Crippen molar-refractivity contribution in [1.82, 2.24) is 0 Å². The maximum Gasteiger partial charge on any atom is 0.203 e. The van der Waals surface area contributed by atoms with E-state index in [-0.39, 0.29) is 11.5 Å². The van der Waals surface area contributed by atoms with Gasteiger partial charge in [-0.1, -0.05) is 29.8 Å². The third kappa shape index (κ3) is 6.37. The van der Waals surface area contributed by atoms with Crippen LogP contribution in [0.25, 0.3) is 12.2 Å². The van der Waals surface area contributed by atoms with Gasteiger partial charge in [-0.15, -0.1) is 0 Å². The molecule has 7 heteroatoms. The summed E-state index contributed by atoms with van der Waals surface area (Å²) < 4.78 is 21.6. The quantitative estimate of drug-likeness (QED) is 0.204. The average Bonchev–Trinajstić information content (AvgIpc) is 2.87. The van der Waals surface area contributed by atoms with Gasteiger partial charge in [-0.2, -0.15) is 0 Å². The molecule has 1 N–H and O–H groups in total. The van der Waals surface area contributed by atoms with Crippen LogP contribution in [0.3, 0.4) is 0 Å². The second-order valence-corrected chi connectivity index (χ2v) is 7.90. The van der Waals surface area contributed by atoms with E-state index < -0.39 is 0 Å². The third-order valence-corrected chi connectivity index (χ3v) is 5.61. The molecule has 0 aliphatic heterocycles. The van der Waals surface area contributed by atoms with Gasteiger partial charge in [0.1, 0.15) is 11.5 Å². The van der Waals surface area contributed by atoms with E-state index in [1.54, 1.807) is 46.6 Å². The number of halogens is 1. The SMILES string of the molecule is COc1cc(C/C=C\C(=O)c2ccc(O)cc2)c(/C=C\c2cc(OC)c(OC)c(OC)c2)cc1Cl. The van der Waals surface area contributed by atoms with Crippen LogP contribution in [-0.4, -0.2) is 39.3 Å². The van der Waals surface area contributed by atoms with E-state index in [0.717, 1.165) is 16.7 Å². The Kier molecular flexibility index (Phi) is 8.81. The molecule has 0 aliphatic rings. The number of hydrogen-bond acceptors (Lipinski definition) is 6. The number of rotatable bonds is 10. The highest BCUT2D eigenvalue weighted by Gasteiger charge is 2.13. The lowest BCUT2D eigenvalue weighted by Crippen LogP contribution is -1.96. The van der Waals surface area contributed by atoms with Gasteiger partial charge in [0.2, 0.25) is 5.75 Å². The topological polar surface area (TPSA) is 74.2 Å². The molecule has 0 atom stereocenters. The third-order valence-electron chi connectivity index (χ3n) is 5.31. The average molecular weight is 495 g/mol. The molecule has 0 bridgehead atoms. The molecule has 3 aromatic carbocycles. The van der Waals surface area contributed by atoms with E-state index in [1.807, 2.05) is 36.4 Å². The summed E-state index contributed by atoms with van der Waals surface area (Å²) in [4.78, 5) is 12.4. The molecule has 3 aromatic rings. The molecule has 0 saturated carbocycles. The summed E-state index contributed by atoms with van der Waals surface area (Å²) >= 11 is 6.39. The molecule has 0 radical (unpaired) electrons. The summed E-state index contributed by atoms with van der Waals surface area (Å²) in [5, 5.41) is 9.88. The second-order valence-electron chi connectivity index (χ2n) is 7.50. The van der Waals surface area contributed by atoms with Crippen LogP contribution in [0, 0.1) is 0 Å². The zero-order chi connectivity index (χ0) is 25.4. The molecule has 0 heterocycles. The lowest BCUT2D eigenvalue weighted by molar-refractivity contribution is 0.104. The van der Waals surface area contributed by atoms with E-state index in [2.05, 4.69) is 0 Å². The van der Waals surface area contributed by atoms with Crippen molar-refractivity contribution in [2.45, 2.75) is 6.42 Å². The molecule has 3 rings (SSSR count). The predicted molar refractivity (Wildman–Crippen MR) is 138 cm³/mol. The fourth-order valence-corrected chi connectivity index (χ4v) is 3.75. The van der Waals surface area contributed by atoms with E-state index in [1.165, 1.54) is 18.2 Å². The van der Waals surface area contributed by atoms with Crippen molar-refractivity contribution in [2.24, 2.45) is 0 Å². The number of aromatic hydroxyl groups is 1. The minimum atomic E-state index is -0.152. The van der Waals surface area contributed by atoms with E-state index in [0.29, 0.717) is 40.0 Å². The van der Waals surface area contributed by atoms with Crippen LogP contribution in [0.1, 0.15) is 27.0 Å². The van der Waals surface area contributed by atoms with Gasteiger partial charge in [-0.3, -0.25) is 4.79 Å². The van der Waals surface area contributed by atoms with E-state index >= 15 is 0 Å². The highest BCUT2D eigenvalue weighted by Crippen LogP contribution is 2.39. The molecule has 0 unspecified atom stereocenters. The number of phenolic OH excluding ortho intramolecular Hbond substituents is 1. The summed E-state index contributed by atoms with van der Waals surface area (Å²) in [6, 6.07) is 13.5. The monoisotopic (exact) mass is 494 g/mol. The Bertz CT molecular complexity index is 1220. The molecule has 0 saturated heterocycles. The molecular weight excluding hydrogens is 468 g/mol. The number of benzene rings is 3. The van der Waals surface area contributed by atoms with Crippen molar-refractivity contribution in [3.63, 3.8) is 0 Å². The van der Waals surface area contributed by atoms with Gasteiger partial charge >= 0.3 is 0 Å². The molecular formula is C28H27ClO6. The van der Waals surface area contributed by atoms with Crippen molar-refractivity contribution < 1.29 is 28.8 Å². The van der Waals surface area contributed by atoms with E-state index in [4.69, 9.17) is 30.5 Å². The number of ketones is 1. The molecule has 0 spiro atoms. The summed E-state index contributed by atoms with van der Waals surface area (Å²) in [6.45, 7) is 0. The molecule has 0 fully saturated rings. The molecule has 35 heavy (non-hydrogen) atoms. The highest BCUT2D eigenvalue weighted by molar-refractivity contribution is 6.32. The number of carbonyl (C=O) groups excluding carboxylic acids is 1. The molecule has 6 nitrogen and oxygen atoms in total. The van der Waals surface area contributed by atoms with Crippen LogP contribution in [0.5, 0.6) is 28.7 Å². The molecule has 182 valence electrons. The Morgan fingerprint density at radius 2 is 1.49 bits per heavy atom. The smallest absolute Gasteiger partial charge is 0.203 e. The Morgan fingerprint density at radius 3 is 2.06 bits per heavy atom. The van der Waals surface area contributed by atoms with Crippen molar-refractivity contribution >= 4 is 29.5 Å². The maximum atomic E-state index is 12.4. The minimum Gasteiger partial charge on any atom is -0.508 e. The van der Waals surface area contributed by atoms with Crippen molar-refractivity contribution in [2.75, 3.05) is 28.4 Å². The van der Waals surface area contributed by atoms with Gasteiger partial charge in [0, 0.05) is 5.56 Å². The summed E-state index contributed by atoms with van der Waals surface area (Å²) in [5.74, 6) is 2.13. The van der Waals surface area contributed by atoms with Crippen LogP contribution in [0.2, 0.25) is 5.02 Å². The van der Waals surface area contributed by atoms with Crippen molar-refractivity contribution in [1.29, 1.82) is 0 Å². The number of methoxy groups -OCH3 is 4. The maximum absolute atomic E-state index is 12.4. The van der Waals surface area contributed by atoms with Gasteiger partial charge in [0.05, 0.1) is 33.5 Å². The lowest BCUT2D eigenvalue weighted by atomic mass is 10.0. The fourth-order valence-electron chi connectivity index (χ4n) is 3.50. The molecule has 0 amide bonds. The van der Waals surface area contributed by atoms with Crippen molar-refractivity contribution in [3.05, 3.63) is 88.0 Å². The van der Waals surface area contributed by atoms with Gasteiger partial charge in [0.15, 0.2) is 17.3 Å². The van der Waals surface area contributed by atoms with Gasteiger partial charge in [-0.05, 0) is 77.7 Å². The van der Waals surface area contributed by atoms with Crippen LogP contribution in [0.4, 0.5) is 0 Å². The Hall–Kier alpha value is -3.90. The largest absolute Gasteiger partial charge is 0.508 e. The van der Waals surface area contributed by atoms with Gasteiger partial charge < -0.3 is 24.1 Å². The first-order valence-corrected chi connectivity index (χ1v) is 11.1. The lowest BCUT2D eigenvalue weighted by Gasteiger charge is -2.13. The Balaban J connectivity index is 1.90. The normalized spacial score (nSPS) is 11.1. The first-order chi connectivity index (χ1) is 16.9. The summed E-state index contributed by atoms with van der Waals surface area (Å²) in [6.07, 6.45) is 7.62. The minimum absolute atomic E-state index is 0.113. The number of carbonyl (C=O) groups is 1. The Labute approximate surface area is 210 Å². The summed E-state index contributed by atoms with van der Waals surface area (Å²) in [7, 11) is 6.25. The molecule has 0 aliphatic carbocycles. The zero-order valence-electron chi connectivity index (χ0n) is 20.0. The van der Waals surface area contributed by atoms with Crippen LogP contribution >= 0.6 is 11.6 Å². The fraction of sp³-hybridized carbons (Fsp3) is 0.179. The van der Waals surface area contributed by atoms with Crippen LogP contribution in [0.15, 0.2) is 60.7 Å². The second kappa shape index (κ2) is 12.0. The Morgan fingerprint density at radius 1 is 0.857 bits per heavy atom. The van der Waals surface area contributed by atoms with Gasteiger partial charge in [0.25, 0.3) is 0 Å². The standard InChI is InChI=1S/C28H27ClO6/c1-32-25-17-20(6-5-7-24(31)19-10-12-22(30)13-11-19)21(16-23(25)29)9-8-18-14-26(33-2)28(35-4)27(15-18)34-3/h5,7-17,30H,6H2,1-4H3/b7-5-,9-8-. The molecule has 0 aromatic heterocycles. The number of hydrogen-bond donors (Lipinski definition) is 1. The zero-order valence-corrected chi connectivity index (χ0v) is 20.8. The number of ether oxygens (including phenoxy) is 4. The number of allylic oxidation sites excluding steroid dienone is 2. The summed E-state index contributed by atoms with van der Waals surface area (Å²) in [5.41, 5.74) is 3.13. The first kappa shape index (κ1) is 25.7. The van der Waals surface area contributed by atoms with Crippen molar-refractivity contribution in [3.8, 4) is 28.7 Å². The first-order valence-electron chi connectivity index (χ1n) is 10.7. The van der Waals surface area contributed by atoms with Gasteiger partial charge in [-0.25, -0.2) is 0 Å². The van der Waals surface area contributed by atoms with Crippen LogP contribution in [-0.2, 0) is 6.42 Å².